The molecule has 164 valence electrons. The summed E-state index contributed by atoms with van der Waals surface area (Å²) in [5.41, 5.74) is 1.93. The largest absolute Gasteiger partial charge is 0.361 e. The van der Waals surface area contributed by atoms with Gasteiger partial charge in [-0.25, -0.2) is 17.5 Å². The van der Waals surface area contributed by atoms with E-state index in [9.17, 15) is 12.8 Å². The molecule has 0 spiro atoms. The lowest BCUT2D eigenvalue weighted by Crippen LogP contribution is -2.40. The normalized spacial score (nSPS) is 12.7. The van der Waals surface area contributed by atoms with Crippen LogP contribution in [0.25, 0.3) is 21.7 Å². The summed E-state index contributed by atoms with van der Waals surface area (Å²) in [7, 11) is -3.62. The Morgan fingerprint density at radius 3 is 2.81 bits per heavy atom. The van der Waals surface area contributed by atoms with Crippen molar-refractivity contribution < 1.29 is 12.8 Å². The smallest absolute Gasteiger partial charge is 0.240 e. The van der Waals surface area contributed by atoms with Crippen LogP contribution in [-0.4, -0.2) is 37.5 Å². The second-order valence-electron chi connectivity index (χ2n) is 7.36. The highest BCUT2D eigenvalue weighted by Gasteiger charge is 2.17. The summed E-state index contributed by atoms with van der Waals surface area (Å²) in [6.45, 7) is 2.95. The van der Waals surface area contributed by atoms with E-state index in [0.29, 0.717) is 19.5 Å². The van der Waals surface area contributed by atoms with Crippen molar-refractivity contribution in [3.05, 3.63) is 72.4 Å². The van der Waals surface area contributed by atoms with Crippen molar-refractivity contribution in [2.75, 3.05) is 13.1 Å². The third-order valence-electron chi connectivity index (χ3n) is 5.03. The van der Waals surface area contributed by atoms with E-state index in [1.165, 1.54) is 12.1 Å². The lowest BCUT2D eigenvalue weighted by molar-refractivity contribution is 0.537. The molecule has 0 aliphatic rings. The topological polar surface area (TPSA) is 86.9 Å². The van der Waals surface area contributed by atoms with Gasteiger partial charge < -0.3 is 10.3 Å². The molecule has 1 atom stereocenters. The fraction of sp³-hybridized carbons (Fsp3) is 0.227. The molecule has 0 fully saturated rings. The highest BCUT2D eigenvalue weighted by atomic mass is 35.5. The number of fused-ring (bicyclic) bond motifs is 2. The molecule has 6 nitrogen and oxygen atoms in total. The second kappa shape index (κ2) is 9.74. The van der Waals surface area contributed by atoms with E-state index in [1.54, 1.807) is 42.7 Å². The molecule has 0 bridgehead atoms. The van der Waals surface area contributed by atoms with Gasteiger partial charge in [-0.2, -0.15) is 0 Å². The third kappa shape index (κ3) is 5.40. The van der Waals surface area contributed by atoms with E-state index in [-0.39, 0.29) is 29.2 Å². The molecule has 4 aromatic rings. The molecule has 9 heteroatoms. The third-order valence-corrected chi connectivity index (χ3v) is 6.62. The van der Waals surface area contributed by atoms with Gasteiger partial charge in [0.2, 0.25) is 10.0 Å². The molecule has 3 N–H and O–H groups in total. The number of nitrogens with zero attached hydrogens (tertiary/aromatic N) is 1. The van der Waals surface area contributed by atoms with Crippen LogP contribution in [0, 0.1) is 5.82 Å². The van der Waals surface area contributed by atoms with Gasteiger partial charge in [-0.3, -0.25) is 4.98 Å². The monoisotopic (exact) mass is 462 g/mol. The van der Waals surface area contributed by atoms with Crippen molar-refractivity contribution in [1.29, 1.82) is 0 Å². The Labute approximate surface area is 186 Å². The van der Waals surface area contributed by atoms with E-state index < -0.39 is 10.0 Å². The number of aromatic amines is 1. The lowest BCUT2D eigenvalue weighted by Gasteiger charge is -2.15. The van der Waals surface area contributed by atoms with Crippen molar-refractivity contribution >= 4 is 44.1 Å². The Morgan fingerprint density at radius 2 is 1.97 bits per heavy atom. The number of pyridine rings is 1. The van der Waals surface area contributed by atoms with Crippen LogP contribution in [0.3, 0.4) is 0 Å². The zero-order valence-electron chi connectivity index (χ0n) is 16.9. The standard InChI is InChI=1S/C22H23FN4O2S.ClH/c1-15(12-24-9-7-18-14-26-22-5-3-19(23)11-21(18)22)27-30(28,29)20-4-2-17-13-25-8-6-16(17)10-20;/h2-6,8,10-11,13-15,24,26-27H,7,9,12H2,1H3;1H. The molecule has 0 saturated heterocycles. The van der Waals surface area contributed by atoms with Crippen LogP contribution in [0.2, 0.25) is 0 Å². The fourth-order valence-corrected chi connectivity index (χ4v) is 4.78. The molecule has 1 unspecified atom stereocenters. The van der Waals surface area contributed by atoms with E-state index in [4.69, 9.17) is 0 Å². The van der Waals surface area contributed by atoms with Crippen molar-refractivity contribution in [2.45, 2.75) is 24.3 Å². The second-order valence-corrected chi connectivity index (χ2v) is 9.08. The number of rotatable bonds is 8. The van der Waals surface area contributed by atoms with Gasteiger partial charge in [-0.05, 0) is 67.2 Å². The predicted octanol–water partition coefficient (Wildman–Crippen LogP) is 3.78. The molecule has 2 heterocycles. The first-order valence-electron chi connectivity index (χ1n) is 9.75. The molecule has 0 aliphatic heterocycles. The predicted molar refractivity (Wildman–Crippen MR) is 124 cm³/mol. The average Bonchev–Trinajstić information content (AvgIpc) is 3.12. The van der Waals surface area contributed by atoms with Crippen LogP contribution in [0.5, 0.6) is 0 Å². The number of hydrogen-bond donors (Lipinski definition) is 3. The molecular formula is C22H24ClFN4O2S. The Balaban J connectivity index is 0.00000272. The summed E-state index contributed by atoms with van der Waals surface area (Å²) in [5.74, 6) is -0.260. The van der Waals surface area contributed by atoms with Gasteiger partial charge >= 0.3 is 0 Å². The van der Waals surface area contributed by atoms with E-state index >= 15 is 0 Å². The molecule has 0 aliphatic carbocycles. The van der Waals surface area contributed by atoms with Gasteiger partial charge in [-0.1, -0.05) is 6.07 Å². The Morgan fingerprint density at radius 1 is 1.13 bits per heavy atom. The van der Waals surface area contributed by atoms with Gasteiger partial charge in [0.25, 0.3) is 0 Å². The van der Waals surface area contributed by atoms with E-state index in [0.717, 1.165) is 27.2 Å². The van der Waals surface area contributed by atoms with Crippen LogP contribution in [-0.2, 0) is 16.4 Å². The Hall–Kier alpha value is -2.52. The molecule has 4 rings (SSSR count). The highest BCUT2D eigenvalue weighted by Crippen LogP contribution is 2.20. The molecule has 2 aromatic heterocycles. The van der Waals surface area contributed by atoms with Crippen LogP contribution in [0.4, 0.5) is 4.39 Å². The first-order chi connectivity index (χ1) is 14.4. The summed E-state index contributed by atoms with van der Waals surface area (Å²) < 4.78 is 41.6. The zero-order valence-corrected chi connectivity index (χ0v) is 18.6. The van der Waals surface area contributed by atoms with Gasteiger partial charge in [-0.15, -0.1) is 12.4 Å². The molecule has 0 radical (unpaired) electrons. The average molecular weight is 463 g/mol. The van der Waals surface area contributed by atoms with Crippen LogP contribution in [0.15, 0.2) is 66.0 Å². The first-order valence-corrected chi connectivity index (χ1v) is 11.2. The van der Waals surface area contributed by atoms with Crippen LogP contribution in [0.1, 0.15) is 12.5 Å². The van der Waals surface area contributed by atoms with Crippen molar-refractivity contribution in [3.8, 4) is 0 Å². The molecule has 31 heavy (non-hydrogen) atoms. The molecular weight excluding hydrogens is 439 g/mol. The highest BCUT2D eigenvalue weighted by molar-refractivity contribution is 7.89. The Kier molecular flexibility index (Phi) is 7.27. The molecule has 0 amide bonds. The maximum atomic E-state index is 13.5. The number of benzene rings is 2. The van der Waals surface area contributed by atoms with Gasteiger partial charge in [0, 0.05) is 47.5 Å². The molecule has 0 saturated carbocycles. The summed E-state index contributed by atoms with van der Waals surface area (Å²) in [6.07, 6.45) is 5.93. The van der Waals surface area contributed by atoms with Gasteiger partial charge in [0.05, 0.1) is 4.90 Å². The number of sulfonamides is 1. The van der Waals surface area contributed by atoms with E-state index in [1.807, 2.05) is 13.1 Å². The van der Waals surface area contributed by atoms with Crippen molar-refractivity contribution in [3.63, 3.8) is 0 Å². The van der Waals surface area contributed by atoms with Gasteiger partial charge in [0.15, 0.2) is 0 Å². The number of aromatic nitrogens is 2. The summed E-state index contributed by atoms with van der Waals surface area (Å²) in [5, 5.41) is 5.86. The summed E-state index contributed by atoms with van der Waals surface area (Å²) in [4.78, 5) is 7.41. The van der Waals surface area contributed by atoms with Gasteiger partial charge in [0.1, 0.15) is 5.82 Å². The van der Waals surface area contributed by atoms with Crippen LogP contribution < -0.4 is 10.0 Å². The van der Waals surface area contributed by atoms with Crippen molar-refractivity contribution in [2.24, 2.45) is 0 Å². The Bertz CT molecular complexity index is 1290. The number of halogens is 2. The quantitative estimate of drug-likeness (QED) is 0.348. The molecule has 2 aromatic carbocycles. The SMILES string of the molecule is CC(CNCCc1c[nH]c2ccc(F)cc12)NS(=O)(=O)c1ccc2cnccc2c1.Cl. The minimum Gasteiger partial charge on any atom is -0.361 e. The maximum Gasteiger partial charge on any atom is 0.240 e. The first kappa shape index (κ1) is 23.1. The number of hydrogen-bond acceptors (Lipinski definition) is 4. The van der Waals surface area contributed by atoms with Crippen LogP contribution >= 0.6 is 12.4 Å². The number of nitrogens with one attached hydrogen (secondary N) is 3. The zero-order chi connectivity index (χ0) is 21.1. The lowest BCUT2D eigenvalue weighted by atomic mass is 10.1. The van der Waals surface area contributed by atoms with E-state index in [2.05, 4.69) is 20.0 Å². The fourth-order valence-electron chi connectivity index (χ4n) is 3.50. The van der Waals surface area contributed by atoms with Crippen molar-refractivity contribution in [1.82, 2.24) is 20.0 Å². The maximum absolute atomic E-state index is 13.5. The number of H-pyrrole nitrogens is 1. The summed E-state index contributed by atoms with van der Waals surface area (Å²) in [6, 6.07) is 11.2. The minimum absolute atomic E-state index is 0. The minimum atomic E-state index is -3.62. The summed E-state index contributed by atoms with van der Waals surface area (Å²) >= 11 is 0.